The van der Waals surface area contributed by atoms with Crippen molar-refractivity contribution in [1.82, 2.24) is 10.2 Å². The van der Waals surface area contributed by atoms with E-state index in [1.807, 2.05) is 20.8 Å². The normalized spacial score (nSPS) is 11.4. The first-order valence-corrected chi connectivity index (χ1v) is 8.48. The van der Waals surface area contributed by atoms with E-state index < -0.39 is 5.60 Å². The predicted octanol–water partition coefficient (Wildman–Crippen LogP) is 4.04. The van der Waals surface area contributed by atoms with Crippen LogP contribution in [0.3, 0.4) is 0 Å². The average Bonchev–Trinajstić information content (AvgIpc) is 2.42. The number of rotatable bonds is 7. The number of aryl methyl sites for hydroxylation is 2. The molecule has 0 saturated heterocycles. The monoisotopic (exact) mass is 320 g/mol. The van der Waals surface area contributed by atoms with E-state index in [1.165, 1.54) is 16.7 Å². The van der Waals surface area contributed by atoms with Gasteiger partial charge < -0.3 is 15.0 Å². The fourth-order valence-electron chi connectivity index (χ4n) is 2.45. The number of carbonyl (C=O) groups excluding carboxylic acids is 1. The number of nitrogens with zero attached hydrogens (tertiary/aromatic N) is 1. The lowest BCUT2D eigenvalue weighted by atomic mass is 10.0. The molecule has 4 nitrogen and oxygen atoms in total. The number of hydrogen-bond donors (Lipinski definition) is 1. The largest absolute Gasteiger partial charge is 0.444 e. The van der Waals surface area contributed by atoms with Crippen LogP contribution in [0.1, 0.15) is 50.8 Å². The van der Waals surface area contributed by atoms with Gasteiger partial charge in [0, 0.05) is 26.2 Å². The standard InChI is InChI=1S/C19H32N2O2/c1-7-12-21(18(22)23-19(4,5)6)13-11-20-14-17-15(2)9-8-10-16(17)3/h8-10,20H,7,11-14H2,1-6H3. The molecule has 1 amide bonds. The van der Waals surface area contributed by atoms with Crippen molar-refractivity contribution >= 4 is 6.09 Å². The van der Waals surface area contributed by atoms with Crippen molar-refractivity contribution in [3.05, 3.63) is 34.9 Å². The molecule has 23 heavy (non-hydrogen) atoms. The van der Waals surface area contributed by atoms with Gasteiger partial charge in [0.1, 0.15) is 5.60 Å². The minimum absolute atomic E-state index is 0.228. The van der Waals surface area contributed by atoms with Crippen LogP contribution in [-0.2, 0) is 11.3 Å². The highest BCUT2D eigenvalue weighted by Gasteiger charge is 2.21. The molecule has 0 fully saturated rings. The molecule has 0 unspecified atom stereocenters. The number of ether oxygens (including phenoxy) is 1. The van der Waals surface area contributed by atoms with Crippen molar-refractivity contribution in [3.63, 3.8) is 0 Å². The summed E-state index contributed by atoms with van der Waals surface area (Å²) < 4.78 is 5.47. The Labute approximate surface area is 141 Å². The molecule has 0 aliphatic rings. The predicted molar refractivity (Wildman–Crippen MR) is 95.7 cm³/mol. The highest BCUT2D eigenvalue weighted by Crippen LogP contribution is 2.13. The van der Waals surface area contributed by atoms with Crippen LogP contribution in [0.25, 0.3) is 0 Å². The summed E-state index contributed by atoms with van der Waals surface area (Å²) in [5.74, 6) is 0. The van der Waals surface area contributed by atoms with Gasteiger partial charge in [-0.2, -0.15) is 0 Å². The molecule has 1 aromatic carbocycles. The molecule has 0 heterocycles. The summed E-state index contributed by atoms with van der Waals surface area (Å²) in [5.41, 5.74) is 3.49. The third-order valence-electron chi connectivity index (χ3n) is 3.65. The molecule has 0 aliphatic heterocycles. The number of benzene rings is 1. The van der Waals surface area contributed by atoms with Gasteiger partial charge in [0.05, 0.1) is 0 Å². The SMILES string of the molecule is CCCN(CCNCc1c(C)cccc1C)C(=O)OC(C)(C)C. The summed E-state index contributed by atoms with van der Waals surface area (Å²) in [6, 6.07) is 6.35. The van der Waals surface area contributed by atoms with Crippen molar-refractivity contribution in [2.24, 2.45) is 0 Å². The van der Waals surface area contributed by atoms with Crippen molar-refractivity contribution in [2.45, 2.75) is 60.1 Å². The van der Waals surface area contributed by atoms with E-state index >= 15 is 0 Å². The van der Waals surface area contributed by atoms with E-state index in [9.17, 15) is 4.79 Å². The number of carbonyl (C=O) groups is 1. The zero-order valence-electron chi connectivity index (χ0n) is 15.5. The summed E-state index contributed by atoms with van der Waals surface area (Å²) in [4.78, 5) is 14.0. The Hall–Kier alpha value is -1.55. The second-order valence-electron chi connectivity index (χ2n) is 7.01. The molecule has 130 valence electrons. The fraction of sp³-hybridized carbons (Fsp3) is 0.632. The summed E-state index contributed by atoms with van der Waals surface area (Å²) >= 11 is 0. The topological polar surface area (TPSA) is 41.6 Å². The van der Waals surface area contributed by atoms with E-state index in [0.717, 1.165) is 26.1 Å². The van der Waals surface area contributed by atoms with E-state index in [-0.39, 0.29) is 6.09 Å². The highest BCUT2D eigenvalue weighted by atomic mass is 16.6. The second-order valence-corrected chi connectivity index (χ2v) is 7.01. The molecule has 0 spiro atoms. The van der Waals surface area contributed by atoms with Crippen molar-refractivity contribution in [3.8, 4) is 0 Å². The Morgan fingerprint density at radius 1 is 1.17 bits per heavy atom. The molecular weight excluding hydrogens is 288 g/mol. The first kappa shape index (κ1) is 19.5. The number of nitrogens with one attached hydrogen (secondary N) is 1. The average molecular weight is 320 g/mol. The van der Waals surface area contributed by atoms with Gasteiger partial charge in [-0.25, -0.2) is 4.79 Å². The van der Waals surface area contributed by atoms with Crippen LogP contribution in [0.5, 0.6) is 0 Å². The summed E-state index contributed by atoms with van der Waals surface area (Å²) in [7, 11) is 0. The van der Waals surface area contributed by atoms with Crippen molar-refractivity contribution in [2.75, 3.05) is 19.6 Å². The first-order valence-electron chi connectivity index (χ1n) is 8.48. The Morgan fingerprint density at radius 3 is 2.30 bits per heavy atom. The van der Waals surface area contributed by atoms with Gasteiger partial charge in [-0.3, -0.25) is 0 Å². The van der Waals surface area contributed by atoms with Gasteiger partial charge in [-0.15, -0.1) is 0 Å². The number of hydrogen-bond acceptors (Lipinski definition) is 3. The van der Waals surface area contributed by atoms with Crippen molar-refractivity contribution in [1.29, 1.82) is 0 Å². The van der Waals surface area contributed by atoms with Gasteiger partial charge in [-0.05, 0) is 57.7 Å². The maximum absolute atomic E-state index is 12.2. The van der Waals surface area contributed by atoms with Gasteiger partial charge in [-0.1, -0.05) is 25.1 Å². The third-order valence-corrected chi connectivity index (χ3v) is 3.65. The van der Waals surface area contributed by atoms with E-state index in [2.05, 4.69) is 44.3 Å². The molecule has 1 aromatic rings. The molecule has 0 saturated carbocycles. The van der Waals surface area contributed by atoms with Crippen LogP contribution in [-0.4, -0.2) is 36.2 Å². The molecule has 1 rings (SSSR count). The summed E-state index contributed by atoms with van der Waals surface area (Å²) in [5, 5.41) is 3.44. The molecule has 1 N–H and O–H groups in total. The zero-order chi connectivity index (χ0) is 17.5. The molecule has 4 heteroatoms. The van der Waals surface area contributed by atoms with Crippen LogP contribution in [0.15, 0.2) is 18.2 Å². The lowest BCUT2D eigenvalue weighted by Crippen LogP contribution is -2.40. The van der Waals surface area contributed by atoms with Crippen LogP contribution in [0, 0.1) is 13.8 Å². The summed E-state index contributed by atoms with van der Waals surface area (Å²) in [6.07, 6.45) is 0.698. The van der Waals surface area contributed by atoms with E-state index in [4.69, 9.17) is 4.74 Å². The number of amides is 1. The molecule has 0 aromatic heterocycles. The van der Waals surface area contributed by atoms with E-state index in [0.29, 0.717) is 6.54 Å². The van der Waals surface area contributed by atoms with Crippen LogP contribution >= 0.6 is 0 Å². The summed E-state index contributed by atoms with van der Waals surface area (Å²) in [6.45, 7) is 15.0. The highest BCUT2D eigenvalue weighted by molar-refractivity contribution is 5.68. The van der Waals surface area contributed by atoms with Crippen LogP contribution in [0.2, 0.25) is 0 Å². The first-order chi connectivity index (χ1) is 10.7. The molecular formula is C19H32N2O2. The van der Waals surface area contributed by atoms with Gasteiger partial charge in [0.25, 0.3) is 0 Å². The molecule has 0 radical (unpaired) electrons. The molecule has 0 bridgehead atoms. The second kappa shape index (κ2) is 8.92. The van der Waals surface area contributed by atoms with Crippen LogP contribution < -0.4 is 5.32 Å². The minimum atomic E-state index is -0.450. The molecule has 0 atom stereocenters. The lowest BCUT2D eigenvalue weighted by Gasteiger charge is -2.27. The van der Waals surface area contributed by atoms with Crippen molar-refractivity contribution < 1.29 is 9.53 Å². The smallest absolute Gasteiger partial charge is 0.410 e. The maximum Gasteiger partial charge on any atom is 0.410 e. The Bertz CT molecular complexity index is 486. The third kappa shape index (κ3) is 7.04. The Balaban J connectivity index is 2.48. The quantitative estimate of drug-likeness (QED) is 0.771. The molecule has 0 aliphatic carbocycles. The van der Waals surface area contributed by atoms with Gasteiger partial charge >= 0.3 is 6.09 Å². The van der Waals surface area contributed by atoms with Gasteiger partial charge in [0.15, 0.2) is 0 Å². The maximum atomic E-state index is 12.2. The fourth-order valence-corrected chi connectivity index (χ4v) is 2.45. The Morgan fingerprint density at radius 2 is 1.78 bits per heavy atom. The van der Waals surface area contributed by atoms with Gasteiger partial charge in [0.2, 0.25) is 0 Å². The Kier molecular flexibility index (Phi) is 7.56. The van der Waals surface area contributed by atoms with E-state index in [1.54, 1.807) is 4.90 Å². The van der Waals surface area contributed by atoms with Crippen LogP contribution in [0.4, 0.5) is 4.79 Å². The zero-order valence-corrected chi connectivity index (χ0v) is 15.5. The lowest BCUT2D eigenvalue weighted by molar-refractivity contribution is 0.0252. The minimum Gasteiger partial charge on any atom is -0.444 e.